The zero-order valence-corrected chi connectivity index (χ0v) is 8.01. The Morgan fingerprint density at radius 2 is 2.23 bits per heavy atom. The molecule has 1 nitrogen and oxygen atoms in total. The molecule has 0 aromatic heterocycles. The monoisotopic (exact) mass is 176 g/mol. The van der Waals surface area contributed by atoms with Crippen LogP contribution in [-0.4, -0.2) is 5.78 Å². The molecule has 3 aliphatic rings. The summed E-state index contributed by atoms with van der Waals surface area (Å²) in [6.07, 6.45) is 10.8. The average Bonchev–Trinajstić information content (AvgIpc) is 2.57. The quantitative estimate of drug-likeness (QED) is 0.554. The van der Waals surface area contributed by atoms with E-state index in [9.17, 15) is 4.79 Å². The Balaban J connectivity index is 2.02. The molecule has 0 aromatic rings. The summed E-state index contributed by atoms with van der Waals surface area (Å²) >= 11 is 0. The summed E-state index contributed by atoms with van der Waals surface area (Å²) in [7, 11) is 0. The zero-order chi connectivity index (χ0) is 8.89. The van der Waals surface area contributed by atoms with Crippen molar-refractivity contribution in [1.29, 1.82) is 0 Å². The molecule has 0 aliphatic heterocycles. The lowest BCUT2D eigenvalue weighted by Gasteiger charge is -2.37. The molecular formula is C12H16O. The van der Waals surface area contributed by atoms with Crippen molar-refractivity contribution in [2.45, 2.75) is 44.9 Å². The van der Waals surface area contributed by atoms with Gasteiger partial charge in [-0.2, -0.15) is 0 Å². The summed E-state index contributed by atoms with van der Waals surface area (Å²) in [5.41, 5.74) is 1.90. The first-order valence-corrected chi connectivity index (χ1v) is 5.55. The highest BCUT2D eigenvalue weighted by atomic mass is 16.1. The zero-order valence-electron chi connectivity index (χ0n) is 8.01. The molecule has 2 fully saturated rings. The minimum atomic E-state index is 0.384. The maximum atomic E-state index is 11.4. The second-order valence-corrected chi connectivity index (χ2v) is 4.95. The van der Waals surface area contributed by atoms with E-state index in [0.717, 1.165) is 12.3 Å². The summed E-state index contributed by atoms with van der Waals surface area (Å²) in [6.45, 7) is 0. The summed E-state index contributed by atoms with van der Waals surface area (Å²) in [5.74, 6) is 1.26. The molecule has 0 saturated heterocycles. The maximum absolute atomic E-state index is 11.4. The van der Waals surface area contributed by atoms with Gasteiger partial charge in [0.05, 0.1) is 0 Å². The highest BCUT2D eigenvalue weighted by Crippen LogP contribution is 2.59. The van der Waals surface area contributed by atoms with Gasteiger partial charge in [-0.25, -0.2) is 0 Å². The van der Waals surface area contributed by atoms with Gasteiger partial charge in [-0.15, -0.1) is 0 Å². The number of hydrogen-bond donors (Lipinski definition) is 0. The van der Waals surface area contributed by atoms with Crippen LogP contribution in [0.25, 0.3) is 0 Å². The number of carbonyl (C=O) groups is 1. The van der Waals surface area contributed by atoms with Gasteiger partial charge >= 0.3 is 0 Å². The lowest BCUT2D eigenvalue weighted by atomic mass is 9.66. The van der Waals surface area contributed by atoms with Crippen molar-refractivity contribution >= 4 is 5.78 Å². The minimum absolute atomic E-state index is 0.384. The molecule has 13 heavy (non-hydrogen) atoms. The summed E-state index contributed by atoms with van der Waals surface area (Å²) < 4.78 is 0. The average molecular weight is 176 g/mol. The van der Waals surface area contributed by atoms with E-state index in [0.29, 0.717) is 11.2 Å². The van der Waals surface area contributed by atoms with Crippen LogP contribution in [0.3, 0.4) is 0 Å². The normalized spacial score (nSPS) is 42.9. The second kappa shape index (κ2) is 2.46. The van der Waals surface area contributed by atoms with Crippen molar-refractivity contribution in [2.24, 2.45) is 11.3 Å². The van der Waals surface area contributed by atoms with E-state index < -0.39 is 0 Å². The van der Waals surface area contributed by atoms with Crippen LogP contribution >= 0.6 is 0 Å². The first-order valence-electron chi connectivity index (χ1n) is 5.55. The van der Waals surface area contributed by atoms with E-state index in [2.05, 4.69) is 0 Å². The lowest BCUT2D eigenvalue weighted by molar-refractivity contribution is -0.116. The number of carbonyl (C=O) groups excluding carboxylic acids is 1. The largest absolute Gasteiger partial charge is 0.295 e. The summed E-state index contributed by atoms with van der Waals surface area (Å²) in [5, 5.41) is 0. The van der Waals surface area contributed by atoms with E-state index in [4.69, 9.17) is 0 Å². The van der Waals surface area contributed by atoms with Gasteiger partial charge in [-0.3, -0.25) is 4.79 Å². The van der Waals surface area contributed by atoms with E-state index >= 15 is 0 Å². The van der Waals surface area contributed by atoms with Crippen LogP contribution in [0.1, 0.15) is 44.9 Å². The molecule has 2 saturated carbocycles. The SMILES string of the molecule is O=C1C=C2CC[C@@H]3CCCC[C@]23C1. The Morgan fingerprint density at radius 3 is 3.15 bits per heavy atom. The second-order valence-electron chi connectivity index (χ2n) is 4.95. The van der Waals surface area contributed by atoms with Gasteiger partial charge in [0.2, 0.25) is 0 Å². The molecule has 1 spiro atoms. The molecule has 0 aromatic carbocycles. The Morgan fingerprint density at radius 1 is 1.31 bits per heavy atom. The molecule has 3 aliphatic carbocycles. The van der Waals surface area contributed by atoms with E-state index in [-0.39, 0.29) is 0 Å². The predicted octanol–water partition coefficient (Wildman–Crippen LogP) is 2.86. The fraction of sp³-hybridized carbons (Fsp3) is 0.750. The third kappa shape index (κ3) is 0.905. The standard InChI is InChI=1S/C12H16O/c13-11-7-10-5-4-9-3-1-2-6-12(9,10)8-11/h7,9H,1-6,8H2/t9-,12+/m0/s1. The van der Waals surface area contributed by atoms with Gasteiger partial charge in [-0.05, 0) is 37.7 Å². The molecule has 0 bridgehead atoms. The molecule has 0 heterocycles. The van der Waals surface area contributed by atoms with E-state index in [1.54, 1.807) is 0 Å². The van der Waals surface area contributed by atoms with Crippen molar-refractivity contribution < 1.29 is 4.79 Å². The topological polar surface area (TPSA) is 17.1 Å². The fourth-order valence-electron chi connectivity index (χ4n) is 3.85. The molecule has 2 atom stereocenters. The van der Waals surface area contributed by atoms with Crippen LogP contribution < -0.4 is 0 Å². The highest BCUT2D eigenvalue weighted by Gasteiger charge is 2.51. The van der Waals surface area contributed by atoms with Gasteiger partial charge < -0.3 is 0 Å². The molecule has 0 N–H and O–H groups in total. The Labute approximate surface area is 79.2 Å². The highest BCUT2D eigenvalue weighted by molar-refractivity contribution is 5.94. The molecule has 1 heteroatoms. The van der Waals surface area contributed by atoms with Crippen LogP contribution in [0, 0.1) is 11.3 Å². The van der Waals surface area contributed by atoms with Gasteiger partial charge in [-0.1, -0.05) is 18.4 Å². The first-order chi connectivity index (χ1) is 6.31. The van der Waals surface area contributed by atoms with Crippen LogP contribution in [-0.2, 0) is 4.79 Å². The van der Waals surface area contributed by atoms with Gasteiger partial charge in [0.1, 0.15) is 0 Å². The van der Waals surface area contributed by atoms with Crippen molar-refractivity contribution in [3.63, 3.8) is 0 Å². The molecule has 0 radical (unpaired) electrons. The third-order valence-corrected chi connectivity index (χ3v) is 4.43. The number of allylic oxidation sites excluding steroid dienone is 2. The van der Waals surface area contributed by atoms with Crippen LogP contribution in [0.4, 0.5) is 0 Å². The van der Waals surface area contributed by atoms with Gasteiger partial charge in [0, 0.05) is 11.8 Å². The van der Waals surface area contributed by atoms with Crippen molar-refractivity contribution in [3.05, 3.63) is 11.6 Å². The van der Waals surface area contributed by atoms with Crippen molar-refractivity contribution in [1.82, 2.24) is 0 Å². The molecule has 3 rings (SSSR count). The first kappa shape index (κ1) is 7.78. The Hall–Kier alpha value is -0.590. The Kier molecular flexibility index (Phi) is 1.47. The molecule has 70 valence electrons. The summed E-state index contributed by atoms with van der Waals surface area (Å²) in [4.78, 5) is 11.4. The molecule has 0 unspecified atom stereocenters. The minimum Gasteiger partial charge on any atom is -0.295 e. The summed E-state index contributed by atoms with van der Waals surface area (Å²) in [6, 6.07) is 0. The predicted molar refractivity (Wildman–Crippen MR) is 51.3 cm³/mol. The van der Waals surface area contributed by atoms with Gasteiger partial charge in [0.25, 0.3) is 0 Å². The van der Waals surface area contributed by atoms with Gasteiger partial charge in [0.15, 0.2) is 5.78 Å². The van der Waals surface area contributed by atoms with Crippen LogP contribution in [0.2, 0.25) is 0 Å². The number of hydrogen-bond acceptors (Lipinski definition) is 1. The number of ketones is 1. The van der Waals surface area contributed by atoms with Crippen molar-refractivity contribution in [3.8, 4) is 0 Å². The molecule has 0 amide bonds. The molecular weight excluding hydrogens is 160 g/mol. The lowest BCUT2D eigenvalue weighted by Crippen LogP contribution is -2.29. The van der Waals surface area contributed by atoms with E-state index in [1.807, 2.05) is 6.08 Å². The Bertz CT molecular complexity index is 289. The number of rotatable bonds is 0. The van der Waals surface area contributed by atoms with Crippen LogP contribution in [0.15, 0.2) is 11.6 Å². The van der Waals surface area contributed by atoms with Crippen molar-refractivity contribution in [2.75, 3.05) is 0 Å². The maximum Gasteiger partial charge on any atom is 0.156 e. The van der Waals surface area contributed by atoms with E-state index in [1.165, 1.54) is 44.1 Å². The fourth-order valence-corrected chi connectivity index (χ4v) is 3.85. The third-order valence-electron chi connectivity index (χ3n) is 4.43. The smallest absolute Gasteiger partial charge is 0.156 e. The van der Waals surface area contributed by atoms with Crippen LogP contribution in [0.5, 0.6) is 0 Å².